The second-order valence-electron chi connectivity index (χ2n) is 5.67. The van der Waals surface area contributed by atoms with E-state index in [2.05, 4.69) is 5.32 Å². The van der Waals surface area contributed by atoms with E-state index in [0.29, 0.717) is 5.75 Å². The summed E-state index contributed by atoms with van der Waals surface area (Å²) < 4.78 is 33.4. The average molecular weight is 406 g/mol. The van der Waals surface area contributed by atoms with Crippen LogP contribution >= 0.6 is 0 Å². The van der Waals surface area contributed by atoms with Gasteiger partial charge in [0.1, 0.15) is 5.75 Å². The number of amides is 2. The number of ether oxygens (including phenoxy) is 2. The molecule has 2 aromatic carbocycles. The minimum atomic E-state index is -3.53. The fourth-order valence-corrected chi connectivity index (χ4v) is 2.98. The lowest BCUT2D eigenvalue weighted by Gasteiger charge is -2.10. The zero-order chi connectivity index (χ0) is 20.7. The normalized spacial score (nSPS) is 10.8. The number of nitrogens with one attached hydrogen (secondary N) is 1. The summed E-state index contributed by atoms with van der Waals surface area (Å²) in [5.74, 6) is -1.74. The highest BCUT2D eigenvalue weighted by atomic mass is 32.2. The highest BCUT2D eigenvalue weighted by molar-refractivity contribution is 7.90. The molecule has 148 valence electrons. The van der Waals surface area contributed by atoms with Crippen LogP contribution in [0.2, 0.25) is 0 Å². The van der Waals surface area contributed by atoms with Gasteiger partial charge in [-0.1, -0.05) is 12.1 Å². The Labute approximate surface area is 161 Å². The Morgan fingerprint density at radius 3 is 2.25 bits per heavy atom. The predicted octanol–water partition coefficient (Wildman–Crippen LogP) is 0.750. The fraction of sp³-hybridized carbons (Fsp3) is 0.167. The first-order valence-electron chi connectivity index (χ1n) is 7.94. The molecule has 2 rings (SSSR count). The van der Waals surface area contributed by atoms with E-state index in [9.17, 15) is 22.8 Å². The lowest BCUT2D eigenvalue weighted by molar-refractivity contribution is -0.120. The molecule has 3 N–H and O–H groups in total. The molecule has 0 fully saturated rings. The minimum Gasteiger partial charge on any atom is -0.484 e. The van der Waals surface area contributed by atoms with Crippen LogP contribution in [0.25, 0.3) is 0 Å². The van der Waals surface area contributed by atoms with Gasteiger partial charge in [0.2, 0.25) is 0 Å². The summed E-state index contributed by atoms with van der Waals surface area (Å²) in [5.41, 5.74) is 5.23. The Balaban J connectivity index is 1.93. The van der Waals surface area contributed by atoms with Gasteiger partial charge in [-0.15, -0.1) is 0 Å². The molecule has 0 aliphatic heterocycles. The highest BCUT2D eigenvalue weighted by Gasteiger charge is 2.16. The molecule has 0 aliphatic rings. The van der Waals surface area contributed by atoms with Crippen molar-refractivity contribution in [1.82, 2.24) is 0 Å². The molecule has 0 radical (unpaired) electrons. The van der Waals surface area contributed by atoms with Gasteiger partial charge in [-0.3, -0.25) is 9.59 Å². The van der Waals surface area contributed by atoms with Crippen molar-refractivity contribution >= 4 is 33.3 Å². The zero-order valence-corrected chi connectivity index (χ0v) is 15.7. The van der Waals surface area contributed by atoms with Crippen molar-refractivity contribution in [2.75, 3.05) is 24.8 Å². The molecule has 2 amide bonds. The summed E-state index contributed by atoms with van der Waals surface area (Å²) in [6, 6.07) is 11.6. The van der Waals surface area contributed by atoms with Crippen molar-refractivity contribution in [2.24, 2.45) is 5.73 Å². The molecule has 0 atom stereocenters. The number of nitrogens with two attached hydrogens (primary N) is 1. The number of benzene rings is 2. The van der Waals surface area contributed by atoms with Gasteiger partial charge in [-0.25, -0.2) is 13.2 Å². The maximum Gasteiger partial charge on any atom is 0.338 e. The van der Waals surface area contributed by atoms with E-state index in [1.807, 2.05) is 0 Å². The maximum atomic E-state index is 12.0. The summed E-state index contributed by atoms with van der Waals surface area (Å²) in [6.45, 7) is -0.893. The zero-order valence-electron chi connectivity index (χ0n) is 14.9. The number of anilines is 1. The third kappa shape index (κ3) is 6.09. The molecule has 0 bridgehead atoms. The third-order valence-corrected chi connectivity index (χ3v) is 4.52. The van der Waals surface area contributed by atoms with Crippen molar-refractivity contribution in [1.29, 1.82) is 0 Å². The number of hydrogen-bond acceptors (Lipinski definition) is 7. The Morgan fingerprint density at radius 2 is 1.64 bits per heavy atom. The molecule has 9 nitrogen and oxygen atoms in total. The van der Waals surface area contributed by atoms with Crippen LogP contribution in [0.5, 0.6) is 5.75 Å². The molecule has 0 heterocycles. The number of hydrogen-bond donors (Lipinski definition) is 2. The van der Waals surface area contributed by atoms with Crippen LogP contribution in [0, 0.1) is 0 Å². The van der Waals surface area contributed by atoms with Gasteiger partial charge in [0.05, 0.1) is 16.1 Å². The molecular weight excluding hydrogens is 388 g/mol. The topological polar surface area (TPSA) is 142 Å². The number of primary amides is 1. The van der Waals surface area contributed by atoms with Crippen LogP contribution in [0.15, 0.2) is 53.4 Å². The van der Waals surface area contributed by atoms with E-state index in [4.69, 9.17) is 15.2 Å². The highest BCUT2D eigenvalue weighted by Crippen LogP contribution is 2.20. The first kappa shape index (κ1) is 20.9. The first-order chi connectivity index (χ1) is 13.2. The fourth-order valence-electron chi connectivity index (χ4n) is 2.14. The van der Waals surface area contributed by atoms with E-state index in [-0.39, 0.29) is 22.8 Å². The molecule has 0 spiro atoms. The number of esters is 1. The number of carbonyl (C=O) groups is 3. The lowest BCUT2D eigenvalue weighted by Crippen LogP contribution is -2.22. The van der Waals surface area contributed by atoms with Crippen LogP contribution in [0.3, 0.4) is 0 Å². The number of carbonyl (C=O) groups excluding carboxylic acids is 3. The van der Waals surface area contributed by atoms with Crippen molar-refractivity contribution < 1.29 is 32.3 Å². The van der Waals surface area contributed by atoms with Gasteiger partial charge in [0, 0.05) is 6.26 Å². The molecule has 0 saturated carbocycles. The van der Waals surface area contributed by atoms with Crippen LogP contribution in [0.4, 0.5) is 5.69 Å². The molecule has 2 aromatic rings. The minimum absolute atomic E-state index is 0.0405. The van der Waals surface area contributed by atoms with E-state index in [1.54, 1.807) is 6.07 Å². The van der Waals surface area contributed by atoms with Gasteiger partial charge in [-0.2, -0.15) is 0 Å². The van der Waals surface area contributed by atoms with Gasteiger partial charge in [0.25, 0.3) is 11.8 Å². The molecule has 0 unspecified atom stereocenters. The Hall–Kier alpha value is -3.40. The summed E-state index contributed by atoms with van der Waals surface area (Å²) in [6.07, 6.45) is 1.02. The molecule has 0 aromatic heterocycles. The smallest absolute Gasteiger partial charge is 0.338 e. The average Bonchev–Trinajstić information content (AvgIpc) is 2.64. The monoisotopic (exact) mass is 406 g/mol. The molecule has 0 aliphatic carbocycles. The summed E-state index contributed by atoms with van der Waals surface area (Å²) in [4.78, 5) is 34.6. The molecule has 10 heteroatoms. The maximum absolute atomic E-state index is 12.0. The second kappa shape index (κ2) is 9.00. The third-order valence-electron chi connectivity index (χ3n) is 3.37. The van der Waals surface area contributed by atoms with Gasteiger partial charge >= 0.3 is 5.97 Å². The Bertz CT molecular complexity index is 985. The van der Waals surface area contributed by atoms with E-state index >= 15 is 0 Å². The summed E-state index contributed by atoms with van der Waals surface area (Å²) in [5, 5.41) is 2.40. The Morgan fingerprint density at radius 1 is 1.00 bits per heavy atom. The van der Waals surface area contributed by atoms with Crippen molar-refractivity contribution in [2.45, 2.75) is 4.90 Å². The van der Waals surface area contributed by atoms with E-state index in [1.165, 1.54) is 42.5 Å². The van der Waals surface area contributed by atoms with Crippen molar-refractivity contribution in [3.05, 3.63) is 54.1 Å². The predicted molar refractivity (Wildman–Crippen MR) is 99.6 cm³/mol. The molecular formula is C18H18N2O7S. The van der Waals surface area contributed by atoms with Crippen LogP contribution in [-0.4, -0.2) is 45.7 Å². The standard InChI is InChI=1S/C18H18N2O7S/c1-28(24,25)15-5-3-2-4-14(15)20-17(22)11-27-18(23)12-6-8-13(9-7-12)26-10-16(19)21/h2-9H,10-11H2,1H3,(H2,19,21)(H,20,22). The Kier molecular flexibility index (Phi) is 6.72. The van der Waals surface area contributed by atoms with Crippen LogP contribution in [-0.2, 0) is 24.2 Å². The van der Waals surface area contributed by atoms with Gasteiger partial charge in [-0.05, 0) is 36.4 Å². The SMILES string of the molecule is CS(=O)(=O)c1ccccc1NC(=O)COC(=O)c1ccc(OCC(N)=O)cc1. The number of para-hydroxylation sites is 1. The lowest BCUT2D eigenvalue weighted by atomic mass is 10.2. The second-order valence-corrected chi connectivity index (χ2v) is 7.66. The summed E-state index contributed by atoms with van der Waals surface area (Å²) in [7, 11) is -3.53. The number of rotatable bonds is 8. The van der Waals surface area contributed by atoms with Crippen molar-refractivity contribution in [3.63, 3.8) is 0 Å². The van der Waals surface area contributed by atoms with Gasteiger partial charge in [0.15, 0.2) is 23.1 Å². The van der Waals surface area contributed by atoms with Crippen LogP contribution in [0.1, 0.15) is 10.4 Å². The molecule has 28 heavy (non-hydrogen) atoms. The number of sulfone groups is 1. The first-order valence-corrected chi connectivity index (χ1v) is 9.83. The van der Waals surface area contributed by atoms with Gasteiger partial charge < -0.3 is 20.5 Å². The summed E-state index contributed by atoms with van der Waals surface area (Å²) >= 11 is 0. The van der Waals surface area contributed by atoms with Crippen molar-refractivity contribution in [3.8, 4) is 5.75 Å². The molecule has 0 saturated heterocycles. The van der Waals surface area contributed by atoms with Crippen LogP contribution < -0.4 is 15.8 Å². The largest absolute Gasteiger partial charge is 0.484 e. The quantitative estimate of drug-likeness (QED) is 0.616. The van der Waals surface area contributed by atoms with E-state index in [0.717, 1.165) is 6.26 Å². The van der Waals surface area contributed by atoms with E-state index < -0.39 is 34.2 Å².